The number of halogens is 1. The molecule has 1 aromatic rings. The Kier molecular flexibility index (Phi) is 4.33. The largest absolute Gasteiger partial charge is 0.493 e. The first-order valence-electron chi connectivity index (χ1n) is 8.09. The van der Waals surface area contributed by atoms with E-state index in [0.717, 1.165) is 35.2 Å². The van der Waals surface area contributed by atoms with Crippen molar-refractivity contribution in [1.82, 2.24) is 0 Å². The molecule has 1 heterocycles. The Morgan fingerprint density at radius 3 is 2.95 bits per heavy atom. The Bertz CT molecular complexity index is 524. The van der Waals surface area contributed by atoms with Crippen LogP contribution in [0, 0.1) is 11.3 Å². The van der Waals surface area contributed by atoms with Gasteiger partial charge in [0.15, 0.2) is 0 Å². The van der Waals surface area contributed by atoms with Crippen LogP contribution in [0.2, 0.25) is 0 Å². The van der Waals surface area contributed by atoms with E-state index in [1.54, 1.807) is 0 Å². The molecule has 0 amide bonds. The van der Waals surface area contributed by atoms with Crippen LogP contribution in [0.1, 0.15) is 50.7 Å². The van der Waals surface area contributed by atoms with E-state index in [-0.39, 0.29) is 11.5 Å². The van der Waals surface area contributed by atoms with Gasteiger partial charge < -0.3 is 9.84 Å². The first-order valence-corrected chi connectivity index (χ1v) is 8.89. The molecular weight excluding hydrogens is 328 g/mol. The molecule has 1 aromatic carbocycles. The molecule has 116 valence electrons. The molecule has 1 aliphatic carbocycles. The van der Waals surface area contributed by atoms with Crippen molar-refractivity contribution in [2.24, 2.45) is 11.3 Å². The number of benzene rings is 1. The molecule has 0 saturated heterocycles. The van der Waals surface area contributed by atoms with Crippen molar-refractivity contribution in [3.63, 3.8) is 0 Å². The van der Waals surface area contributed by atoms with Crippen LogP contribution in [-0.4, -0.2) is 17.8 Å². The van der Waals surface area contributed by atoms with Crippen LogP contribution >= 0.6 is 15.9 Å². The maximum absolute atomic E-state index is 10.8. The topological polar surface area (TPSA) is 29.5 Å². The lowest BCUT2D eigenvalue weighted by Crippen LogP contribution is -2.37. The standard InChI is InChI=1S/C18H25BrO2/c1-18(2)7-4-3-5-15(18)16(20)11-13-10-14(19)9-12-6-8-21-17(12)13/h9-10,15-16,20H,3-8,11H2,1-2H3. The van der Waals surface area contributed by atoms with Crippen molar-refractivity contribution in [2.75, 3.05) is 6.61 Å². The Hall–Kier alpha value is -0.540. The summed E-state index contributed by atoms with van der Waals surface area (Å²) in [7, 11) is 0. The van der Waals surface area contributed by atoms with Gasteiger partial charge in [0.1, 0.15) is 5.75 Å². The fraction of sp³-hybridized carbons (Fsp3) is 0.667. The molecule has 2 atom stereocenters. The number of aliphatic hydroxyl groups is 1. The van der Waals surface area contributed by atoms with Gasteiger partial charge in [0.05, 0.1) is 12.7 Å². The van der Waals surface area contributed by atoms with E-state index in [4.69, 9.17) is 4.74 Å². The number of aliphatic hydroxyl groups excluding tert-OH is 1. The average molecular weight is 353 g/mol. The molecule has 3 rings (SSSR count). The van der Waals surface area contributed by atoms with Crippen molar-refractivity contribution in [3.05, 3.63) is 27.7 Å². The van der Waals surface area contributed by atoms with Crippen LogP contribution in [0.3, 0.4) is 0 Å². The maximum atomic E-state index is 10.8. The van der Waals surface area contributed by atoms with Gasteiger partial charge in [-0.15, -0.1) is 0 Å². The summed E-state index contributed by atoms with van der Waals surface area (Å²) in [5, 5.41) is 10.8. The number of hydrogen-bond donors (Lipinski definition) is 1. The third-order valence-electron chi connectivity index (χ3n) is 5.31. The van der Waals surface area contributed by atoms with E-state index in [2.05, 4.69) is 41.9 Å². The minimum absolute atomic E-state index is 0.244. The Labute approximate surface area is 136 Å². The van der Waals surface area contributed by atoms with Gasteiger partial charge in [0.2, 0.25) is 0 Å². The van der Waals surface area contributed by atoms with Crippen molar-refractivity contribution >= 4 is 15.9 Å². The van der Waals surface area contributed by atoms with Gasteiger partial charge >= 0.3 is 0 Å². The molecule has 0 radical (unpaired) electrons. The number of hydrogen-bond acceptors (Lipinski definition) is 2. The Morgan fingerprint density at radius 1 is 1.38 bits per heavy atom. The zero-order valence-electron chi connectivity index (χ0n) is 13.0. The van der Waals surface area contributed by atoms with Crippen LogP contribution in [0.5, 0.6) is 5.75 Å². The summed E-state index contributed by atoms with van der Waals surface area (Å²) in [6.07, 6.45) is 6.32. The molecule has 2 nitrogen and oxygen atoms in total. The Morgan fingerprint density at radius 2 is 2.19 bits per heavy atom. The van der Waals surface area contributed by atoms with Gasteiger partial charge in [0.25, 0.3) is 0 Å². The summed E-state index contributed by atoms with van der Waals surface area (Å²) in [6.45, 7) is 5.38. The monoisotopic (exact) mass is 352 g/mol. The minimum atomic E-state index is -0.275. The third-order valence-corrected chi connectivity index (χ3v) is 5.77. The molecule has 1 N–H and O–H groups in total. The summed E-state index contributed by atoms with van der Waals surface area (Å²) in [6, 6.07) is 4.26. The molecule has 2 aliphatic rings. The molecule has 0 bridgehead atoms. The summed E-state index contributed by atoms with van der Waals surface area (Å²) < 4.78 is 6.89. The SMILES string of the molecule is CC1(C)CCCCC1C(O)Cc1cc(Br)cc2c1OCC2. The van der Waals surface area contributed by atoms with E-state index >= 15 is 0 Å². The lowest BCUT2D eigenvalue weighted by atomic mass is 9.66. The van der Waals surface area contributed by atoms with Gasteiger partial charge in [-0.1, -0.05) is 42.6 Å². The second-order valence-corrected chi connectivity index (χ2v) is 8.18. The van der Waals surface area contributed by atoms with E-state index in [1.165, 1.54) is 24.8 Å². The normalized spacial score (nSPS) is 25.2. The summed E-state index contributed by atoms with van der Waals surface area (Å²) in [5.41, 5.74) is 2.67. The first-order chi connectivity index (χ1) is 9.97. The van der Waals surface area contributed by atoms with Crippen molar-refractivity contribution in [1.29, 1.82) is 0 Å². The number of ether oxygens (including phenoxy) is 1. The molecule has 0 spiro atoms. The smallest absolute Gasteiger partial charge is 0.125 e. The summed E-state index contributed by atoms with van der Waals surface area (Å²) in [4.78, 5) is 0. The van der Waals surface area contributed by atoms with Crippen LogP contribution in [0.25, 0.3) is 0 Å². The number of rotatable bonds is 3. The molecule has 1 saturated carbocycles. The Balaban J connectivity index is 1.80. The van der Waals surface area contributed by atoms with Gasteiger partial charge in [-0.3, -0.25) is 0 Å². The van der Waals surface area contributed by atoms with Crippen molar-refractivity contribution in [2.45, 2.75) is 58.5 Å². The highest BCUT2D eigenvalue weighted by atomic mass is 79.9. The van der Waals surface area contributed by atoms with Gasteiger partial charge in [-0.25, -0.2) is 0 Å². The van der Waals surface area contributed by atoms with Crippen LogP contribution in [0.15, 0.2) is 16.6 Å². The third kappa shape index (κ3) is 3.14. The maximum Gasteiger partial charge on any atom is 0.125 e. The van der Waals surface area contributed by atoms with E-state index < -0.39 is 0 Å². The fourth-order valence-corrected chi connectivity index (χ4v) is 4.65. The number of fused-ring (bicyclic) bond motifs is 1. The van der Waals surface area contributed by atoms with E-state index in [0.29, 0.717) is 12.3 Å². The van der Waals surface area contributed by atoms with Gasteiger partial charge in [-0.05, 0) is 47.4 Å². The van der Waals surface area contributed by atoms with Crippen molar-refractivity contribution in [3.8, 4) is 5.75 Å². The predicted octanol–water partition coefficient (Wildman–Crippen LogP) is 4.50. The summed E-state index contributed by atoms with van der Waals surface area (Å²) in [5.74, 6) is 1.41. The van der Waals surface area contributed by atoms with Crippen molar-refractivity contribution < 1.29 is 9.84 Å². The molecule has 21 heavy (non-hydrogen) atoms. The highest BCUT2D eigenvalue weighted by molar-refractivity contribution is 9.10. The van der Waals surface area contributed by atoms with Crippen LogP contribution in [-0.2, 0) is 12.8 Å². The zero-order chi connectivity index (χ0) is 15.0. The van der Waals surface area contributed by atoms with Gasteiger partial charge in [-0.2, -0.15) is 0 Å². The predicted molar refractivity (Wildman–Crippen MR) is 88.8 cm³/mol. The van der Waals surface area contributed by atoms with Crippen LogP contribution < -0.4 is 4.74 Å². The molecule has 1 fully saturated rings. The molecule has 3 heteroatoms. The van der Waals surface area contributed by atoms with Crippen LogP contribution in [0.4, 0.5) is 0 Å². The lowest BCUT2D eigenvalue weighted by molar-refractivity contribution is 0.00552. The second-order valence-electron chi connectivity index (χ2n) is 7.26. The van der Waals surface area contributed by atoms with Gasteiger partial charge in [0, 0.05) is 17.3 Å². The highest BCUT2D eigenvalue weighted by Crippen LogP contribution is 2.44. The lowest BCUT2D eigenvalue weighted by Gasteiger charge is -2.41. The quantitative estimate of drug-likeness (QED) is 0.867. The first kappa shape index (κ1) is 15.4. The summed E-state index contributed by atoms with van der Waals surface area (Å²) >= 11 is 3.59. The molecule has 0 aromatic heterocycles. The molecular formula is C18H25BrO2. The minimum Gasteiger partial charge on any atom is -0.493 e. The fourth-order valence-electron chi connectivity index (χ4n) is 4.10. The average Bonchev–Trinajstić information content (AvgIpc) is 2.86. The zero-order valence-corrected chi connectivity index (χ0v) is 14.6. The van der Waals surface area contributed by atoms with E-state index in [9.17, 15) is 5.11 Å². The second kappa shape index (κ2) is 5.92. The van der Waals surface area contributed by atoms with E-state index in [1.807, 2.05) is 0 Å². The molecule has 2 unspecified atom stereocenters. The highest BCUT2D eigenvalue weighted by Gasteiger charge is 2.37. The molecule has 1 aliphatic heterocycles.